The summed E-state index contributed by atoms with van der Waals surface area (Å²) in [6.07, 6.45) is 2.29. The van der Waals surface area contributed by atoms with Gasteiger partial charge in [0.05, 0.1) is 18.6 Å². The molecule has 0 unspecified atom stereocenters. The Bertz CT molecular complexity index is 536. The van der Waals surface area contributed by atoms with Crippen molar-refractivity contribution in [2.45, 2.75) is 32.6 Å². The van der Waals surface area contributed by atoms with Crippen LogP contribution in [0.2, 0.25) is 0 Å². The summed E-state index contributed by atoms with van der Waals surface area (Å²) < 4.78 is 10.8. The highest BCUT2D eigenvalue weighted by molar-refractivity contribution is 5.97. The molecule has 0 atom stereocenters. The molecule has 6 nitrogen and oxygen atoms in total. The Morgan fingerprint density at radius 1 is 1.26 bits per heavy atom. The van der Waals surface area contributed by atoms with E-state index in [0.717, 1.165) is 18.5 Å². The second-order valence-corrected chi connectivity index (χ2v) is 5.74. The SMILES string of the molecule is CCOCC1(C(=O)Nc2ccc(OCCCC(=O)O)cc2)CC1. The lowest BCUT2D eigenvalue weighted by Gasteiger charge is -2.15. The molecule has 0 heterocycles. The number of hydrogen-bond acceptors (Lipinski definition) is 4. The average Bonchev–Trinajstić information content (AvgIpc) is 3.32. The Morgan fingerprint density at radius 3 is 2.52 bits per heavy atom. The van der Waals surface area contributed by atoms with Crippen LogP contribution >= 0.6 is 0 Å². The monoisotopic (exact) mass is 321 g/mol. The quantitative estimate of drug-likeness (QED) is 0.647. The number of rotatable bonds is 10. The van der Waals surface area contributed by atoms with Gasteiger partial charge in [0.25, 0.3) is 0 Å². The molecule has 126 valence electrons. The summed E-state index contributed by atoms with van der Waals surface area (Å²) in [4.78, 5) is 22.7. The zero-order chi connectivity index (χ0) is 16.7. The number of aliphatic carboxylic acids is 1. The van der Waals surface area contributed by atoms with Crippen LogP contribution < -0.4 is 10.1 Å². The molecule has 6 heteroatoms. The van der Waals surface area contributed by atoms with Gasteiger partial charge in [-0.1, -0.05) is 0 Å². The summed E-state index contributed by atoms with van der Waals surface area (Å²) in [6.45, 7) is 3.36. The first kappa shape index (κ1) is 17.3. The van der Waals surface area contributed by atoms with Gasteiger partial charge in [0.2, 0.25) is 5.91 Å². The van der Waals surface area contributed by atoms with Crippen LogP contribution in [-0.4, -0.2) is 36.8 Å². The molecule has 0 spiro atoms. The summed E-state index contributed by atoms with van der Waals surface area (Å²) in [6, 6.07) is 7.08. The molecule has 1 aromatic carbocycles. The smallest absolute Gasteiger partial charge is 0.303 e. The van der Waals surface area contributed by atoms with Gasteiger partial charge < -0.3 is 19.9 Å². The second-order valence-electron chi connectivity index (χ2n) is 5.74. The van der Waals surface area contributed by atoms with Gasteiger partial charge in [0.15, 0.2) is 0 Å². The highest BCUT2D eigenvalue weighted by Crippen LogP contribution is 2.46. The molecule has 2 rings (SSSR count). The van der Waals surface area contributed by atoms with E-state index in [-0.39, 0.29) is 17.7 Å². The summed E-state index contributed by atoms with van der Waals surface area (Å²) in [7, 11) is 0. The Balaban J connectivity index is 1.78. The fourth-order valence-electron chi connectivity index (χ4n) is 2.20. The highest BCUT2D eigenvalue weighted by Gasteiger charge is 2.50. The van der Waals surface area contributed by atoms with Crippen molar-refractivity contribution >= 4 is 17.6 Å². The molecular weight excluding hydrogens is 298 g/mol. The predicted molar refractivity (Wildman–Crippen MR) is 85.6 cm³/mol. The third-order valence-corrected chi connectivity index (χ3v) is 3.83. The van der Waals surface area contributed by atoms with Gasteiger partial charge in [-0.15, -0.1) is 0 Å². The van der Waals surface area contributed by atoms with Crippen LogP contribution in [0, 0.1) is 5.41 Å². The van der Waals surface area contributed by atoms with E-state index in [1.165, 1.54) is 0 Å². The van der Waals surface area contributed by atoms with E-state index in [1.807, 2.05) is 6.92 Å². The number of anilines is 1. The van der Waals surface area contributed by atoms with Gasteiger partial charge >= 0.3 is 5.97 Å². The zero-order valence-corrected chi connectivity index (χ0v) is 13.3. The zero-order valence-electron chi connectivity index (χ0n) is 13.3. The lowest BCUT2D eigenvalue weighted by Crippen LogP contribution is -2.28. The number of ether oxygens (including phenoxy) is 2. The molecule has 1 aliphatic carbocycles. The lowest BCUT2D eigenvalue weighted by molar-refractivity contribution is -0.137. The van der Waals surface area contributed by atoms with E-state index < -0.39 is 5.97 Å². The third kappa shape index (κ3) is 5.25. The van der Waals surface area contributed by atoms with Crippen molar-refractivity contribution in [1.29, 1.82) is 0 Å². The van der Waals surface area contributed by atoms with Crippen molar-refractivity contribution in [3.63, 3.8) is 0 Å². The molecule has 0 bridgehead atoms. The lowest BCUT2D eigenvalue weighted by atomic mass is 10.1. The van der Waals surface area contributed by atoms with Crippen LogP contribution in [0.4, 0.5) is 5.69 Å². The minimum atomic E-state index is -0.826. The van der Waals surface area contributed by atoms with Gasteiger partial charge in [0, 0.05) is 18.7 Å². The van der Waals surface area contributed by atoms with Crippen LogP contribution in [0.1, 0.15) is 32.6 Å². The number of amides is 1. The molecule has 0 aromatic heterocycles. The van der Waals surface area contributed by atoms with Crippen LogP contribution in [0.15, 0.2) is 24.3 Å². The fraction of sp³-hybridized carbons (Fsp3) is 0.529. The van der Waals surface area contributed by atoms with Crippen molar-refractivity contribution in [3.05, 3.63) is 24.3 Å². The van der Waals surface area contributed by atoms with Crippen LogP contribution in [-0.2, 0) is 14.3 Å². The summed E-state index contributed by atoms with van der Waals surface area (Å²) >= 11 is 0. The van der Waals surface area contributed by atoms with Crippen LogP contribution in [0.3, 0.4) is 0 Å². The van der Waals surface area contributed by atoms with E-state index in [0.29, 0.717) is 32.0 Å². The first-order valence-electron chi connectivity index (χ1n) is 7.89. The molecule has 0 aliphatic heterocycles. The minimum absolute atomic E-state index is 0.000997. The molecule has 1 fully saturated rings. The van der Waals surface area contributed by atoms with Crippen molar-refractivity contribution in [3.8, 4) is 5.75 Å². The van der Waals surface area contributed by atoms with Crippen molar-refractivity contribution in [2.24, 2.45) is 5.41 Å². The van der Waals surface area contributed by atoms with E-state index in [1.54, 1.807) is 24.3 Å². The van der Waals surface area contributed by atoms with Gasteiger partial charge in [-0.2, -0.15) is 0 Å². The van der Waals surface area contributed by atoms with Gasteiger partial charge in [0.1, 0.15) is 5.75 Å². The van der Waals surface area contributed by atoms with Crippen LogP contribution in [0.25, 0.3) is 0 Å². The van der Waals surface area contributed by atoms with Crippen LogP contribution in [0.5, 0.6) is 5.75 Å². The normalized spacial score (nSPS) is 15.0. The van der Waals surface area contributed by atoms with Gasteiger partial charge in [-0.05, 0) is 50.5 Å². The van der Waals surface area contributed by atoms with Gasteiger partial charge in [-0.25, -0.2) is 0 Å². The molecule has 1 saturated carbocycles. The molecule has 0 radical (unpaired) electrons. The van der Waals surface area contributed by atoms with E-state index in [4.69, 9.17) is 14.6 Å². The van der Waals surface area contributed by atoms with Crippen molar-refractivity contribution in [2.75, 3.05) is 25.1 Å². The number of benzene rings is 1. The molecule has 2 N–H and O–H groups in total. The first-order chi connectivity index (χ1) is 11.1. The number of carbonyl (C=O) groups is 2. The second kappa shape index (κ2) is 7.97. The van der Waals surface area contributed by atoms with Crippen molar-refractivity contribution in [1.82, 2.24) is 0 Å². The average molecular weight is 321 g/mol. The third-order valence-electron chi connectivity index (χ3n) is 3.83. The Labute approximate surface area is 135 Å². The Morgan fingerprint density at radius 2 is 1.96 bits per heavy atom. The molecule has 0 saturated heterocycles. The predicted octanol–water partition coefficient (Wildman–Crippen LogP) is 2.69. The van der Waals surface area contributed by atoms with Crippen molar-refractivity contribution < 1.29 is 24.2 Å². The Kier molecular flexibility index (Phi) is 5.98. The largest absolute Gasteiger partial charge is 0.494 e. The van der Waals surface area contributed by atoms with E-state index in [2.05, 4.69) is 5.32 Å². The maximum absolute atomic E-state index is 12.3. The number of carboxylic acids is 1. The maximum atomic E-state index is 12.3. The Hall–Kier alpha value is -2.08. The number of carbonyl (C=O) groups excluding carboxylic acids is 1. The standard InChI is InChI=1S/C17H23NO5/c1-2-22-12-17(9-10-17)16(21)18-13-5-7-14(8-6-13)23-11-3-4-15(19)20/h5-8H,2-4,9-12H2,1H3,(H,18,21)(H,19,20). The summed E-state index contributed by atoms with van der Waals surface area (Å²) in [5, 5.41) is 11.5. The number of carboxylic acid groups (broad SMARTS) is 1. The molecular formula is C17H23NO5. The first-order valence-corrected chi connectivity index (χ1v) is 7.89. The van der Waals surface area contributed by atoms with E-state index >= 15 is 0 Å². The molecule has 1 aromatic rings. The number of hydrogen-bond donors (Lipinski definition) is 2. The van der Waals surface area contributed by atoms with E-state index in [9.17, 15) is 9.59 Å². The fourth-order valence-corrected chi connectivity index (χ4v) is 2.20. The minimum Gasteiger partial charge on any atom is -0.494 e. The topological polar surface area (TPSA) is 84.9 Å². The molecule has 23 heavy (non-hydrogen) atoms. The number of nitrogens with one attached hydrogen (secondary N) is 1. The van der Waals surface area contributed by atoms with Gasteiger partial charge in [-0.3, -0.25) is 9.59 Å². The highest BCUT2D eigenvalue weighted by atomic mass is 16.5. The summed E-state index contributed by atoms with van der Waals surface area (Å²) in [5.41, 5.74) is 0.359. The molecule has 1 aliphatic rings. The molecule has 1 amide bonds. The summed E-state index contributed by atoms with van der Waals surface area (Å²) in [5.74, 6) is -0.169. The maximum Gasteiger partial charge on any atom is 0.303 e.